The first-order chi connectivity index (χ1) is 18.8. The molecule has 3 aromatic rings. The van der Waals surface area contributed by atoms with Gasteiger partial charge in [0.05, 0.1) is 21.2 Å². The lowest BCUT2D eigenvalue weighted by molar-refractivity contribution is -0.139. The van der Waals surface area contributed by atoms with Crippen molar-refractivity contribution in [1.29, 1.82) is 0 Å². The van der Waals surface area contributed by atoms with Crippen molar-refractivity contribution in [1.82, 2.24) is 10.2 Å². The van der Waals surface area contributed by atoms with Gasteiger partial charge in [-0.1, -0.05) is 59.6 Å². The van der Waals surface area contributed by atoms with Gasteiger partial charge in [0.1, 0.15) is 12.6 Å². The monoisotopic (exact) mass is 595 g/mol. The Labute approximate surface area is 236 Å². The van der Waals surface area contributed by atoms with E-state index in [2.05, 4.69) is 5.32 Å². The van der Waals surface area contributed by atoms with Gasteiger partial charge in [0.2, 0.25) is 11.8 Å². The van der Waals surface area contributed by atoms with Gasteiger partial charge >= 0.3 is 6.18 Å². The van der Waals surface area contributed by atoms with Crippen molar-refractivity contribution in [3.63, 3.8) is 0 Å². The fraction of sp³-hybridized carbons (Fsp3) is 0.286. The molecule has 1 N–H and O–H groups in total. The van der Waals surface area contributed by atoms with Gasteiger partial charge in [-0.3, -0.25) is 13.9 Å². The van der Waals surface area contributed by atoms with E-state index in [1.807, 2.05) is 19.1 Å². The SMILES string of the molecule is CCNC(=O)[C@@H](C)N(Cc1cccc(C)c1)C(=O)CN(c1ccc(Cl)c(C(F)(F)F)c1)S(=O)(=O)c1ccccc1. The van der Waals surface area contributed by atoms with Crippen LogP contribution in [0.1, 0.15) is 30.5 Å². The van der Waals surface area contributed by atoms with Crippen molar-refractivity contribution < 1.29 is 31.2 Å². The molecule has 3 rings (SSSR count). The maximum Gasteiger partial charge on any atom is 0.417 e. The van der Waals surface area contributed by atoms with E-state index < -0.39 is 56.9 Å². The van der Waals surface area contributed by atoms with Gasteiger partial charge in [-0.05, 0) is 56.7 Å². The number of likely N-dealkylation sites (N-methyl/N-ethyl adjacent to an activating group) is 1. The van der Waals surface area contributed by atoms with Gasteiger partial charge in [-0.25, -0.2) is 8.42 Å². The molecule has 0 aliphatic carbocycles. The fourth-order valence-electron chi connectivity index (χ4n) is 4.05. The summed E-state index contributed by atoms with van der Waals surface area (Å²) in [4.78, 5) is 27.5. The molecule has 0 radical (unpaired) electrons. The smallest absolute Gasteiger partial charge is 0.355 e. The molecule has 2 amide bonds. The Bertz CT molecular complexity index is 1470. The Morgan fingerprint density at radius 3 is 2.27 bits per heavy atom. The number of nitrogens with zero attached hydrogens (tertiary/aromatic N) is 2. The van der Waals surface area contributed by atoms with Crippen LogP contribution in [-0.4, -0.2) is 44.3 Å². The highest BCUT2D eigenvalue weighted by Crippen LogP contribution is 2.38. The zero-order chi connectivity index (χ0) is 29.7. The number of nitrogens with one attached hydrogen (secondary N) is 1. The first kappa shape index (κ1) is 31.0. The second kappa shape index (κ2) is 12.7. The molecule has 1 atom stereocenters. The van der Waals surface area contributed by atoms with E-state index in [0.717, 1.165) is 17.7 Å². The first-order valence-corrected chi connectivity index (χ1v) is 14.1. The number of aryl methyl sites for hydroxylation is 1. The largest absolute Gasteiger partial charge is 0.417 e. The van der Waals surface area contributed by atoms with Gasteiger partial charge in [0.25, 0.3) is 10.0 Å². The third-order valence-corrected chi connectivity index (χ3v) is 8.22. The number of anilines is 1. The number of carbonyl (C=O) groups excluding carboxylic acids is 2. The highest BCUT2D eigenvalue weighted by atomic mass is 35.5. The van der Waals surface area contributed by atoms with Gasteiger partial charge in [0.15, 0.2) is 0 Å². The molecule has 12 heteroatoms. The second-order valence-electron chi connectivity index (χ2n) is 9.07. The number of hydrogen-bond donors (Lipinski definition) is 1. The molecule has 0 unspecified atom stereocenters. The van der Waals surface area contributed by atoms with E-state index in [1.54, 1.807) is 25.1 Å². The minimum atomic E-state index is -4.87. The van der Waals surface area contributed by atoms with Crippen molar-refractivity contribution >= 4 is 39.1 Å². The van der Waals surface area contributed by atoms with Crippen LogP contribution < -0.4 is 9.62 Å². The summed E-state index contributed by atoms with van der Waals surface area (Å²) in [7, 11) is -4.52. The molecule has 40 heavy (non-hydrogen) atoms. The second-order valence-corrected chi connectivity index (χ2v) is 11.3. The lowest BCUT2D eigenvalue weighted by atomic mass is 10.1. The number of alkyl halides is 3. The standard InChI is InChI=1S/C28H29ClF3N3O4S/c1-4-33-27(37)20(3)34(17-21-10-8-9-19(2)15-21)26(36)18-35(40(38,39)23-11-6-5-7-12-23)22-13-14-25(29)24(16-22)28(30,31)32/h5-16,20H,4,17-18H2,1-3H3,(H,33,37)/t20-/m1/s1. The summed E-state index contributed by atoms with van der Waals surface area (Å²) in [5.74, 6) is -1.25. The minimum Gasteiger partial charge on any atom is -0.355 e. The van der Waals surface area contributed by atoms with E-state index >= 15 is 0 Å². The molecule has 214 valence electrons. The molecule has 0 aromatic heterocycles. The number of benzene rings is 3. The highest BCUT2D eigenvalue weighted by Gasteiger charge is 2.36. The van der Waals surface area contributed by atoms with Gasteiger partial charge in [-0.2, -0.15) is 13.2 Å². The number of amides is 2. The van der Waals surface area contributed by atoms with Gasteiger partial charge in [-0.15, -0.1) is 0 Å². The molecule has 0 heterocycles. The molecule has 7 nitrogen and oxygen atoms in total. The van der Waals surface area contributed by atoms with Crippen LogP contribution in [-0.2, 0) is 32.3 Å². The number of sulfonamides is 1. The van der Waals surface area contributed by atoms with E-state index in [4.69, 9.17) is 11.6 Å². The summed E-state index contributed by atoms with van der Waals surface area (Å²) < 4.78 is 69.0. The molecular weight excluding hydrogens is 567 g/mol. The molecule has 0 spiro atoms. The molecule has 3 aromatic carbocycles. The van der Waals surface area contributed by atoms with E-state index in [-0.39, 0.29) is 11.4 Å². The van der Waals surface area contributed by atoms with E-state index in [1.165, 1.54) is 36.1 Å². The third-order valence-electron chi connectivity index (χ3n) is 6.11. The van der Waals surface area contributed by atoms with Crippen LogP contribution >= 0.6 is 11.6 Å². The van der Waals surface area contributed by atoms with Crippen molar-refractivity contribution in [2.24, 2.45) is 0 Å². The lowest BCUT2D eigenvalue weighted by Gasteiger charge is -2.32. The van der Waals surface area contributed by atoms with E-state index in [0.29, 0.717) is 22.5 Å². The van der Waals surface area contributed by atoms with Crippen LogP contribution in [0, 0.1) is 6.92 Å². The maximum absolute atomic E-state index is 13.8. The van der Waals surface area contributed by atoms with Crippen LogP contribution in [0.2, 0.25) is 5.02 Å². The molecule has 0 saturated heterocycles. The average molecular weight is 596 g/mol. The van der Waals surface area contributed by atoms with Crippen LogP contribution in [0.4, 0.5) is 18.9 Å². The molecule has 0 saturated carbocycles. The molecule has 0 bridgehead atoms. The molecule has 0 aliphatic heterocycles. The Hall–Kier alpha value is -3.57. The first-order valence-electron chi connectivity index (χ1n) is 12.3. The summed E-state index contributed by atoms with van der Waals surface area (Å²) >= 11 is 5.77. The van der Waals surface area contributed by atoms with Crippen LogP contribution in [0.15, 0.2) is 77.7 Å². The summed E-state index contributed by atoms with van der Waals surface area (Å²) in [5.41, 5.74) is -0.0627. The number of carbonyl (C=O) groups is 2. The van der Waals surface area contributed by atoms with Crippen LogP contribution in [0.25, 0.3) is 0 Å². The highest BCUT2D eigenvalue weighted by molar-refractivity contribution is 7.92. The Morgan fingerprint density at radius 1 is 1.00 bits per heavy atom. The summed E-state index contributed by atoms with van der Waals surface area (Å²) in [5, 5.41) is 2.03. The molecule has 0 aliphatic rings. The Kier molecular flexibility index (Phi) is 9.86. The Balaban J connectivity index is 2.11. The van der Waals surface area contributed by atoms with Crippen molar-refractivity contribution in [3.05, 3.63) is 94.5 Å². The molecule has 0 fully saturated rings. The zero-order valence-corrected chi connectivity index (χ0v) is 23.6. The number of rotatable bonds is 10. The van der Waals surface area contributed by atoms with Crippen LogP contribution in [0.3, 0.4) is 0 Å². The minimum absolute atomic E-state index is 0.0353. The summed E-state index contributed by atoms with van der Waals surface area (Å²) in [6, 6.07) is 15.9. The fourth-order valence-corrected chi connectivity index (χ4v) is 5.70. The number of halogens is 4. The van der Waals surface area contributed by atoms with E-state index in [9.17, 15) is 31.2 Å². The third kappa shape index (κ3) is 7.33. The maximum atomic E-state index is 13.8. The van der Waals surface area contributed by atoms with Crippen LogP contribution in [0.5, 0.6) is 0 Å². The van der Waals surface area contributed by atoms with Gasteiger partial charge in [0, 0.05) is 13.1 Å². The summed E-state index contributed by atoms with van der Waals surface area (Å²) in [6.07, 6.45) is -4.87. The normalized spacial score (nSPS) is 12.5. The quantitative estimate of drug-likeness (QED) is 0.339. The predicted molar refractivity (Wildman–Crippen MR) is 147 cm³/mol. The summed E-state index contributed by atoms with van der Waals surface area (Å²) in [6.45, 7) is 4.46. The van der Waals surface area contributed by atoms with Crippen molar-refractivity contribution in [2.75, 3.05) is 17.4 Å². The lowest BCUT2D eigenvalue weighted by Crippen LogP contribution is -2.51. The number of hydrogen-bond acceptors (Lipinski definition) is 4. The Morgan fingerprint density at radius 2 is 1.68 bits per heavy atom. The topological polar surface area (TPSA) is 86.8 Å². The molecular formula is C28H29ClF3N3O4S. The average Bonchev–Trinajstić information content (AvgIpc) is 2.90. The predicted octanol–water partition coefficient (Wildman–Crippen LogP) is 5.42. The van der Waals surface area contributed by atoms with Crippen molar-refractivity contribution in [3.8, 4) is 0 Å². The zero-order valence-electron chi connectivity index (χ0n) is 22.1. The van der Waals surface area contributed by atoms with Crippen molar-refractivity contribution in [2.45, 2.75) is 44.4 Å². The van der Waals surface area contributed by atoms with Gasteiger partial charge < -0.3 is 10.2 Å².